The third kappa shape index (κ3) is 8.29. The van der Waals surface area contributed by atoms with E-state index in [0.29, 0.717) is 17.7 Å². The number of aromatic hydroxyl groups is 1. The summed E-state index contributed by atoms with van der Waals surface area (Å²) in [4.78, 5) is 41.5. The largest absolute Gasteiger partial charge is 0.508 e. The number of amides is 3. The average molecular weight is 498 g/mol. The molecule has 8 heteroatoms. The van der Waals surface area contributed by atoms with Crippen LogP contribution in [0, 0.1) is 12.8 Å². The van der Waals surface area contributed by atoms with E-state index in [-0.39, 0.29) is 18.2 Å². The number of aryl methyl sites for hydroxylation is 1. The van der Waals surface area contributed by atoms with Gasteiger partial charge in [-0.05, 0) is 76.3 Å². The fourth-order valence-corrected chi connectivity index (χ4v) is 3.85. The molecule has 2 unspecified atom stereocenters. The van der Waals surface area contributed by atoms with E-state index in [2.05, 4.69) is 10.6 Å². The number of phenols is 1. The zero-order chi connectivity index (χ0) is 27.0. The Morgan fingerprint density at radius 2 is 1.64 bits per heavy atom. The Morgan fingerprint density at radius 1 is 1.03 bits per heavy atom. The van der Waals surface area contributed by atoms with Gasteiger partial charge in [-0.15, -0.1) is 0 Å². The summed E-state index contributed by atoms with van der Waals surface area (Å²) >= 11 is 0. The monoisotopic (exact) mass is 497 g/mol. The second-order valence-electron chi connectivity index (χ2n) is 10.3. The highest BCUT2D eigenvalue weighted by Crippen LogP contribution is 2.27. The van der Waals surface area contributed by atoms with E-state index in [1.165, 1.54) is 17.0 Å². The summed E-state index contributed by atoms with van der Waals surface area (Å²) in [6.07, 6.45) is -0.320. The number of ether oxygens (including phenoxy) is 1. The number of carbonyl (C=O) groups is 3. The zero-order valence-electron chi connectivity index (χ0n) is 22.3. The standard InChI is InChI=1S/C28H39N3O5/c1-8-31(26(34)23(17-18(2)3)30-27(35)36-28(5,6)7)24(20-13-15-21(32)16-14-20)25(33)29-22-12-10-9-11-19(22)4/h9-16,18,23-24,32H,8,17H2,1-7H3,(H,29,33)(H,30,35). The molecule has 0 bridgehead atoms. The third-order valence-electron chi connectivity index (χ3n) is 5.49. The Bertz CT molecular complexity index is 1040. The number of rotatable bonds is 9. The fraction of sp³-hybridized carbons (Fsp3) is 0.464. The summed E-state index contributed by atoms with van der Waals surface area (Å²) in [5, 5.41) is 15.4. The van der Waals surface area contributed by atoms with Crippen molar-refractivity contribution >= 4 is 23.6 Å². The maximum atomic E-state index is 13.8. The van der Waals surface area contributed by atoms with Crippen molar-refractivity contribution in [1.82, 2.24) is 10.2 Å². The predicted octanol–water partition coefficient (Wildman–Crippen LogP) is 5.17. The van der Waals surface area contributed by atoms with E-state index < -0.39 is 35.6 Å². The molecule has 3 amide bonds. The van der Waals surface area contributed by atoms with Gasteiger partial charge in [0.15, 0.2) is 0 Å². The number of hydrogen-bond acceptors (Lipinski definition) is 5. The van der Waals surface area contributed by atoms with E-state index in [4.69, 9.17) is 4.74 Å². The molecular formula is C28H39N3O5. The summed E-state index contributed by atoms with van der Waals surface area (Å²) < 4.78 is 5.38. The van der Waals surface area contributed by atoms with Gasteiger partial charge in [0.2, 0.25) is 5.91 Å². The zero-order valence-corrected chi connectivity index (χ0v) is 22.3. The number of para-hydroxylation sites is 1. The van der Waals surface area contributed by atoms with E-state index in [1.807, 2.05) is 39.0 Å². The molecule has 0 aromatic heterocycles. The molecule has 0 aliphatic carbocycles. The van der Waals surface area contributed by atoms with Gasteiger partial charge in [0.25, 0.3) is 5.91 Å². The molecule has 8 nitrogen and oxygen atoms in total. The predicted molar refractivity (Wildman–Crippen MR) is 141 cm³/mol. The van der Waals surface area contributed by atoms with Crippen molar-refractivity contribution in [2.45, 2.75) is 72.6 Å². The van der Waals surface area contributed by atoms with Crippen LogP contribution in [0.1, 0.15) is 65.1 Å². The van der Waals surface area contributed by atoms with Crippen LogP contribution in [-0.4, -0.2) is 46.1 Å². The van der Waals surface area contributed by atoms with E-state index in [1.54, 1.807) is 45.9 Å². The van der Waals surface area contributed by atoms with Crippen LogP contribution in [0.15, 0.2) is 48.5 Å². The molecule has 2 aromatic rings. The lowest BCUT2D eigenvalue weighted by atomic mass is 9.99. The first kappa shape index (κ1) is 28.7. The topological polar surface area (TPSA) is 108 Å². The number of hydrogen-bond donors (Lipinski definition) is 3. The summed E-state index contributed by atoms with van der Waals surface area (Å²) in [6.45, 7) is 13.0. The summed E-state index contributed by atoms with van der Waals surface area (Å²) in [6, 6.07) is 11.7. The quantitative estimate of drug-likeness (QED) is 0.443. The van der Waals surface area contributed by atoms with Gasteiger partial charge in [-0.1, -0.05) is 44.2 Å². The second kappa shape index (κ2) is 12.4. The van der Waals surface area contributed by atoms with Gasteiger partial charge in [-0.25, -0.2) is 4.79 Å². The minimum Gasteiger partial charge on any atom is -0.508 e. The van der Waals surface area contributed by atoms with Crippen LogP contribution >= 0.6 is 0 Å². The highest BCUT2D eigenvalue weighted by molar-refractivity contribution is 5.99. The molecule has 0 fully saturated rings. The number of phenolic OH excluding ortho intramolecular Hbond substituents is 1. The Balaban J connectivity index is 2.44. The van der Waals surface area contributed by atoms with Crippen molar-refractivity contribution in [2.24, 2.45) is 5.92 Å². The Morgan fingerprint density at radius 3 is 2.17 bits per heavy atom. The third-order valence-corrected chi connectivity index (χ3v) is 5.49. The van der Waals surface area contributed by atoms with Gasteiger partial charge in [-0.2, -0.15) is 0 Å². The summed E-state index contributed by atoms with van der Waals surface area (Å²) in [7, 11) is 0. The maximum Gasteiger partial charge on any atom is 0.408 e. The Kier molecular flexibility index (Phi) is 9.90. The molecule has 0 saturated carbocycles. The Hall–Kier alpha value is -3.55. The maximum absolute atomic E-state index is 13.8. The van der Waals surface area contributed by atoms with E-state index in [0.717, 1.165) is 5.56 Å². The minimum absolute atomic E-state index is 0.0514. The van der Waals surface area contributed by atoms with Gasteiger partial charge < -0.3 is 25.4 Å². The molecule has 3 N–H and O–H groups in total. The molecule has 2 atom stereocenters. The van der Waals surface area contributed by atoms with Crippen LogP contribution in [0.2, 0.25) is 0 Å². The van der Waals surface area contributed by atoms with Crippen LogP contribution in [0.5, 0.6) is 5.75 Å². The number of alkyl carbamates (subject to hydrolysis) is 1. The van der Waals surface area contributed by atoms with Gasteiger partial charge in [-0.3, -0.25) is 9.59 Å². The molecule has 2 rings (SSSR count). The van der Waals surface area contributed by atoms with Gasteiger partial charge >= 0.3 is 6.09 Å². The van der Waals surface area contributed by atoms with Crippen molar-refractivity contribution in [2.75, 3.05) is 11.9 Å². The van der Waals surface area contributed by atoms with Gasteiger partial charge in [0.1, 0.15) is 23.4 Å². The van der Waals surface area contributed by atoms with Crippen molar-refractivity contribution in [3.05, 3.63) is 59.7 Å². The first-order valence-corrected chi connectivity index (χ1v) is 12.3. The molecule has 0 spiro atoms. The number of benzene rings is 2. The number of carbonyl (C=O) groups excluding carboxylic acids is 3. The molecule has 0 aliphatic heterocycles. The van der Waals surface area contributed by atoms with Crippen LogP contribution in [0.3, 0.4) is 0 Å². The first-order valence-electron chi connectivity index (χ1n) is 12.3. The molecule has 0 heterocycles. The highest BCUT2D eigenvalue weighted by atomic mass is 16.6. The molecule has 36 heavy (non-hydrogen) atoms. The van der Waals surface area contributed by atoms with Gasteiger partial charge in [0, 0.05) is 12.2 Å². The number of nitrogens with one attached hydrogen (secondary N) is 2. The first-order chi connectivity index (χ1) is 16.8. The average Bonchev–Trinajstić information content (AvgIpc) is 2.77. The van der Waals surface area contributed by atoms with Crippen molar-refractivity contribution < 1.29 is 24.2 Å². The van der Waals surface area contributed by atoms with Crippen molar-refractivity contribution in [3.8, 4) is 5.75 Å². The molecule has 0 radical (unpaired) electrons. The van der Waals surface area contributed by atoms with Crippen molar-refractivity contribution in [3.63, 3.8) is 0 Å². The molecule has 0 saturated heterocycles. The smallest absolute Gasteiger partial charge is 0.408 e. The lowest BCUT2D eigenvalue weighted by molar-refractivity contribution is -0.140. The molecule has 196 valence electrons. The van der Waals surface area contributed by atoms with Gasteiger partial charge in [0.05, 0.1) is 0 Å². The number of nitrogens with zero attached hydrogens (tertiary/aromatic N) is 1. The van der Waals surface area contributed by atoms with E-state index in [9.17, 15) is 19.5 Å². The van der Waals surface area contributed by atoms with E-state index >= 15 is 0 Å². The molecular weight excluding hydrogens is 458 g/mol. The minimum atomic E-state index is -0.988. The number of anilines is 1. The van der Waals surface area contributed by atoms with Crippen LogP contribution < -0.4 is 10.6 Å². The summed E-state index contributed by atoms with van der Waals surface area (Å²) in [5.74, 6) is -0.642. The summed E-state index contributed by atoms with van der Waals surface area (Å²) in [5.41, 5.74) is 1.34. The SMILES string of the molecule is CCN(C(=O)C(CC(C)C)NC(=O)OC(C)(C)C)C(C(=O)Nc1ccccc1C)c1ccc(O)cc1. The number of likely N-dealkylation sites (N-methyl/N-ethyl adjacent to an activating group) is 1. The van der Waals surface area contributed by atoms with Crippen molar-refractivity contribution in [1.29, 1.82) is 0 Å². The highest BCUT2D eigenvalue weighted by Gasteiger charge is 2.36. The Labute approximate surface area is 214 Å². The fourth-order valence-electron chi connectivity index (χ4n) is 3.85. The lowest BCUT2D eigenvalue weighted by Gasteiger charge is -2.34. The molecule has 2 aromatic carbocycles. The molecule has 0 aliphatic rings. The van der Waals surface area contributed by atoms with Crippen LogP contribution in [0.4, 0.5) is 10.5 Å². The lowest BCUT2D eigenvalue weighted by Crippen LogP contribution is -2.52. The van der Waals surface area contributed by atoms with Crippen LogP contribution in [0.25, 0.3) is 0 Å². The normalized spacial score (nSPS) is 13.0. The second-order valence-corrected chi connectivity index (χ2v) is 10.3. The van der Waals surface area contributed by atoms with Crippen LogP contribution in [-0.2, 0) is 14.3 Å².